The molecule has 0 saturated carbocycles. The molecule has 9 nitrogen and oxygen atoms in total. The van der Waals surface area contributed by atoms with Crippen LogP contribution in [0.4, 0.5) is 5.69 Å². The maximum atomic E-state index is 11.7. The molecule has 0 radical (unpaired) electrons. The number of hydrogen-bond acceptors (Lipinski definition) is 8. The van der Waals surface area contributed by atoms with E-state index >= 15 is 0 Å². The minimum Gasteiger partial charge on any atom is -0.494 e. The molecule has 5 atom stereocenters. The normalized spacial score (nSPS) is 26.1. The van der Waals surface area contributed by atoms with Crippen LogP contribution < -0.4 is 9.90 Å². The molecule has 2 saturated heterocycles. The first-order valence-corrected chi connectivity index (χ1v) is 14.2. The zero-order valence-electron chi connectivity index (χ0n) is 22.4. The van der Waals surface area contributed by atoms with Crippen molar-refractivity contribution in [3.8, 4) is 23.2 Å². The molecule has 4 heterocycles. The van der Waals surface area contributed by atoms with Gasteiger partial charge in [0.2, 0.25) is 17.5 Å². The van der Waals surface area contributed by atoms with Crippen molar-refractivity contribution in [2.45, 2.75) is 56.9 Å². The second kappa shape index (κ2) is 10.1. The van der Waals surface area contributed by atoms with Crippen molar-refractivity contribution in [3.63, 3.8) is 0 Å². The highest BCUT2D eigenvalue weighted by atomic mass is 79.9. The summed E-state index contributed by atoms with van der Waals surface area (Å²) < 4.78 is 27.7. The first-order chi connectivity index (χ1) is 19.8. The number of aromatic hydroxyl groups is 2. The third-order valence-electron chi connectivity index (χ3n) is 7.57. The summed E-state index contributed by atoms with van der Waals surface area (Å²) in [4.78, 5) is 6.31. The van der Waals surface area contributed by atoms with Gasteiger partial charge in [-0.2, -0.15) is 5.06 Å². The van der Waals surface area contributed by atoms with E-state index in [0.29, 0.717) is 23.5 Å². The summed E-state index contributed by atoms with van der Waals surface area (Å²) in [5.41, 5.74) is 2.66. The lowest BCUT2D eigenvalue weighted by Gasteiger charge is -2.33. The number of anilines is 1. The Kier molecular flexibility index (Phi) is 6.48. The van der Waals surface area contributed by atoms with Gasteiger partial charge in [0, 0.05) is 4.47 Å². The third-order valence-corrected chi connectivity index (χ3v) is 8.10. The molecule has 212 valence electrons. The summed E-state index contributed by atoms with van der Waals surface area (Å²) in [5.74, 6) is -1.09. The van der Waals surface area contributed by atoms with E-state index in [1.54, 1.807) is 17.2 Å². The van der Waals surface area contributed by atoms with Crippen LogP contribution in [0.15, 0.2) is 89.4 Å². The topological polar surface area (TPSA) is 94.8 Å². The lowest BCUT2D eigenvalue weighted by Crippen LogP contribution is -2.44. The summed E-state index contributed by atoms with van der Waals surface area (Å²) in [6, 6.07) is 25.9. The molecule has 41 heavy (non-hydrogen) atoms. The average Bonchev–Trinajstić information content (AvgIpc) is 3.66. The van der Waals surface area contributed by atoms with Gasteiger partial charge in [-0.3, -0.25) is 0 Å². The number of rotatable bonds is 6. The molecule has 3 aliphatic rings. The fourth-order valence-corrected chi connectivity index (χ4v) is 6.07. The van der Waals surface area contributed by atoms with Crippen LogP contribution in [-0.2, 0) is 25.6 Å². The van der Waals surface area contributed by atoms with E-state index in [0.717, 1.165) is 10.0 Å². The fraction of sp³-hybridized carbons (Fsp3) is 0.290. The molecule has 0 aliphatic carbocycles. The van der Waals surface area contributed by atoms with E-state index < -0.39 is 36.4 Å². The number of nitrogens with zero attached hydrogens (tertiary/aromatic N) is 2. The lowest BCUT2D eigenvalue weighted by atomic mass is 9.97. The highest BCUT2D eigenvalue weighted by Gasteiger charge is 2.61. The summed E-state index contributed by atoms with van der Waals surface area (Å²) >= 11 is 3.44. The second-order valence-electron chi connectivity index (χ2n) is 10.7. The second-order valence-corrected chi connectivity index (χ2v) is 11.6. The summed E-state index contributed by atoms with van der Waals surface area (Å²) in [6.45, 7) is 4.00. The van der Waals surface area contributed by atoms with Crippen molar-refractivity contribution in [1.29, 1.82) is 0 Å². The first-order valence-electron chi connectivity index (χ1n) is 13.4. The van der Waals surface area contributed by atoms with Crippen molar-refractivity contribution in [3.05, 3.63) is 101 Å². The molecule has 5 unspecified atom stereocenters. The first kappa shape index (κ1) is 26.4. The Balaban J connectivity index is 1.32. The van der Waals surface area contributed by atoms with Gasteiger partial charge in [0.25, 0.3) is 0 Å². The van der Waals surface area contributed by atoms with Crippen LogP contribution in [0.5, 0.6) is 17.5 Å². The van der Waals surface area contributed by atoms with Gasteiger partial charge < -0.3 is 34.0 Å². The van der Waals surface area contributed by atoms with Crippen molar-refractivity contribution >= 4 is 21.6 Å². The van der Waals surface area contributed by atoms with E-state index in [-0.39, 0.29) is 17.5 Å². The molecule has 2 fully saturated rings. The molecule has 4 aromatic rings. The molecule has 0 bridgehead atoms. The van der Waals surface area contributed by atoms with Gasteiger partial charge in [-0.25, -0.2) is 4.57 Å². The highest BCUT2D eigenvalue weighted by molar-refractivity contribution is 9.10. The lowest BCUT2D eigenvalue weighted by molar-refractivity contribution is -0.222. The van der Waals surface area contributed by atoms with Crippen LogP contribution in [-0.4, -0.2) is 45.2 Å². The smallest absolute Gasteiger partial charge is 0.246 e. The Morgan fingerprint density at radius 3 is 2.22 bits per heavy atom. The molecular formula is C31H29BrN2O7. The maximum absolute atomic E-state index is 11.7. The zero-order chi connectivity index (χ0) is 28.3. The minimum atomic E-state index is -0.851. The number of benzene rings is 3. The Morgan fingerprint density at radius 1 is 0.829 bits per heavy atom. The van der Waals surface area contributed by atoms with Crippen LogP contribution in [0, 0.1) is 0 Å². The number of aromatic nitrogens is 1. The van der Waals surface area contributed by atoms with Crippen molar-refractivity contribution < 1.29 is 34.0 Å². The minimum absolute atomic E-state index is 0.143. The predicted molar refractivity (Wildman–Crippen MR) is 153 cm³/mol. The number of para-hydroxylation sites is 1. The van der Waals surface area contributed by atoms with Gasteiger partial charge in [-0.15, -0.1) is 0 Å². The van der Waals surface area contributed by atoms with E-state index in [4.69, 9.17) is 23.8 Å². The van der Waals surface area contributed by atoms with Crippen LogP contribution in [0.25, 0.3) is 5.69 Å². The molecule has 3 aliphatic heterocycles. The van der Waals surface area contributed by atoms with E-state index in [1.165, 1.54) is 4.57 Å². The number of hydrogen-bond donors (Lipinski definition) is 2. The number of fused-ring (bicyclic) bond motifs is 2. The predicted octanol–water partition coefficient (Wildman–Crippen LogP) is 5.97. The van der Waals surface area contributed by atoms with Crippen molar-refractivity contribution in [2.24, 2.45) is 0 Å². The quantitative estimate of drug-likeness (QED) is 0.272. The molecule has 1 aromatic heterocycles. The fourth-order valence-electron chi connectivity index (χ4n) is 5.81. The van der Waals surface area contributed by atoms with Gasteiger partial charge in [-0.1, -0.05) is 64.5 Å². The Hall–Kier alpha value is -3.54. The molecular weight excluding hydrogens is 592 g/mol. The highest BCUT2D eigenvalue weighted by Crippen LogP contribution is 2.57. The van der Waals surface area contributed by atoms with E-state index in [9.17, 15) is 10.2 Å². The monoisotopic (exact) mass is 620 g/mol. The molecule has 3 aromatic carbocycles. The van der Waals surface area contributed by atoms with Gasteiger partial charge in [0.1, 0.15) is 24.4 Å². The van der Waals surface area contributed by atoms with Crippen LogP contribution in [0.1, 0.15) is 31.0 Å². The Morgan fingerprint density at radius 2 is 1.51 bits per heavy atom. The number of hydroxylamine groups is 1. The third kappa shape index (κ3) is 4.56. The molecule has 0 spiro atoms. The van der Waals surface area contributed by atoms with E-state index in [1.807, 2.05) is 86.6 Å². The average molecular weight is 621 g/mol. The van der Waals surface area contributed by atoms with Gasteiger partial charge >= 0.3 is 0 Å². The summed E-state index contributed by atoms with van der Waals surface area (Å²) in [6.07, 6.45) is -2.51. The van der Waals surface area contributed by atoms with Crippen LogP contribution in [0.3, 0.4) is 0 Å². The van der Waals surface area contributed by atoms with Crippen LogP contribution in [0.2, 0.25) is 0 Å². The van der Waals surface area contributed by atoms with E-state index in [2.05, 4.69) is 15.9 Å². The molecule has 0 amide bonds. The number of ether oxygens (including phenoxy) is 4. The summed E-state index contributed by atoms with van der Waals surface area (Å²) in [5, 5.41) is 24.6. The number of halogens is 1. The van der Waals surface area contributed by atoms with Crippen molar-refractivity contribution in [1.82, 2.24) is 4.57 Å². The van der Waals surface area contributed by atoms with Crippen molar-refractivity contribution in [2.75, 3.05) is 5.06 Å². The summed E-state index contributed by atoms with van der Waals surface area (Å²) in [7, 11) is 0. The SMILES string of the molecule is CC1(C)OC2OC(C3c4c(c(O)n(-c5ccc(Br)cc5)c4O)ON3c3ccccc3)C(OCc3ccccc3)C2O1. The molecule has 10 heteroatoms. The van der Waals surface area contributed by atoms with Crippen LogP contribution >= 0.6 is 15.9 Å². The Labute approximate surface area is 245 Å². The van der Waals surface area contributed by atoms with Gasteiger partial charge in [0.15, 0.2) is 12.1 Å². The largest absolute Gasteiger partial charge is 0.494 e. The maximum Gasteiger partial charge on any atom is 0.246 e. The standard InChI is InChI=1S/C31H29BrN2O7/c1-31(2)39-27-26(37-17-18-9-5-3-6-10-18)25(38-30(27)40-31)23-22-24(41-34(23)21-11-7-4-8-12-21)29(36)33(28(22)35)20-15-13-19(32)14-16-20/h3-16,23,25-27,30,35-36H,17H2,1-2H3. The molecule has 2 N–H and O–H groups in total. The zero-order valence-corrected chi connectivity index (χ0v) is 24.0. The Bertz CT molecular complexity index is 1540. The van der Waals surface area contributed by atoms with Gasteiger partial charge in [0.05, 0.1) is 23.5 Å². The molecule has 7 rings (SSSR count). The van der Waals surface area contributed by atoms with Gasteiger partial charge in [-0.05, 0) is 55.8 Å².